The van der Waals surface area contributed by atoms with Crippen LogP contribution in [0.25, 0.3) is 0 Å². The summed E-state index contributed by atoms with van der Waals surface area (Å²) >= 11 is 0. The Morgan fingerprint density at radius 1 is 1.28 bits per heavy atom. The molecule has 0 aromatic heterocycles. The van der Waals surface area contributed by atoms with Crippen molar-refractivity contribution < 1.29 is 8.78 Å². The molecule has 1 aromatic carbocycles. The second-order valence-corrected chi connectivity index (χ2v) is 5.25. The van der Waals surface area contributed by atoms with Gasteiger partial charge >= 0.3 is 0 Å². The molecule has 2 N–H and O–H groups in total. The van der Waals surface area contributed by atoms with Crippen molar-refractivity contribution in [3.8, 4) is 0 Å². The molecule has 1 unspecified atom stereocenters. The van der Waals surface area contributed by atoms with Crippen LogP contribution in [0.1, 0.15) is 18.9 Å². The lowest BCUT2D eigenvalue weighted by Gasteiger charge is -2.22. The average molecular weight is 277 g/mol. The largest absolute Gasteiger partial charge is 0.330 e. The second kappa shape index (κ2) is 5.95. The van der Waals surface area contributed by atoms with E-state index in [0.29, 0.717) is 18.7 Å². The topological polar surface area (TPSA) is 29.3 Å². The van der Waals surface area contributed by atoms with Crippen molar-refractivity contribution in [2.24, 2.45) is 11.1 Å². The third-order valence-electron chi connectivity index (χ3n) is 3.46. The highest BCUT2D eigenvalue weighted by Gasteiger charge is 2.32. The zero-order valence-corrected chi connectivity index (χ0v) is 11.3. The van der Waals surface area contributed by atoms with Crippen LogP contribution in [0, 0.1) is 17.0 Å². The van der Waals surface area contributed by atoms with E-state index >= 15 is 0 Å². The summed E-state index contributed by atoms with van der Waals surface area (Å²) in [4.78, 5) is 2.20. The Hall–Kier alpha value is -0.710. The van der Waals surface area contributed by atoms with Crippen LogP contribution >= 0.6 is 12.4 Å². The number of hydrogen-bond donors (Lipinski definition) is 1. The molecule has 0 amide bonds. The van der Waals surface area contributed by atoms with Gasteiger partial charge in [-0.3, -0.25) is 4.90 Å². The molecule has 1 aliphatic heterocycles. The normalized spacial score (nSPS) is 24.0. The molecule has 0 bridgehead atoms. The van der Waals surface area contributed by atoms with E-state index in [1.54, 1.807) is 0 Å². The first-order valence-corrected chi connectivity index (χ1v) is 5.88. The summed E-state index contributed by atoms with van der Waals surface area (Å²) in [6, 6.07) is 3.68. The van der Waals surface area contributed by atoms with Crippen molar-refractivity contribution in [3.05, 3.63) is 35.4 Å². The first kappa shape index (κ1) is 15.3. The van der Waals surface area contributed by atoms with Crippen LogP contribution in [0.3, 0.4) is 0 Å². The van der Waals surface area contributed by atoms with Crippen LogP contribution in [0.15, 0.2) is 18.2 Å². The molecule has 0 spiro atoms. The standard InChI is InChI=1S/C13H18F2N2.ClH/c1-13(8-16)2-3-17(9-13)7-10-4-11(14)6-12(15)5-10;/h4-6H,2-3,7-9,16H2,1H3;1H. The summed E-state index contributed by atoms with van der Waals surface area (Å²) in [5.41, 5.74) is 6.55. The van der Waals surface area contributed by atoms with Gasteiger partial charge < -0.3 is 5.73 Å². The number of hydrogen-bond acceptors (Lipinski definition) is 2. The molecule has 1 heterocycles. The van der Waals surface area contributed by atoms with Crippen molar-refractivity contribution in [1.82, 2.24) is 4.90 Å². The molecular weight excluding hydrogens is 258 g/mol. The SMILES string of the molecule is CC1(CN)CCN(Cc2cc(F)cc(F)c2)C1.Cl. The van der Waals surface area contributed by atoms with Crippen LogP contribution in [-0.2, 0) is 6.54 Å². The number of nitrogens with zero attached hydrogens (tertiary/aromatic N) is 1. The van der Waals surface area contributed by atoms with Crippen LogP contribution in [0.5, 0.6) is 0 Å². The highest BCUT2D eigenvalue weighted by molar-refractivity contribution is 5.85. The maximum Gasteiger partial charge on any atom is 0.126 e. The minimum Gasteiger partial charge on any atom is -0.330 e. The summed E-state index contributed by atoms with van der Waals surface area (Å²) in [5.74, 6) is -1.03. The van der Waals surface area contributed by atoms with Gasteiger partial charge in [-0.25, -0.2) is 8.78 Å². The molecule has 1 atom stereocenters. The van der Waals surface area contributed by atoms with Gasteiger partial charge in [-0.05, 0) is 42.6 Å². The Bertz CT molecular complexity index is 394. The summed E-state index contributed by atoms with van der Waals surface area (Å²) < 4.78 is 26.1. The highest BCUT2D eigenvalue weighted by Crippen LogP contribution is 2.29. The summed E-state index contributed by atoms with van der Waals surface area (Å²) in [6.07, 6.45) is 1.04. The fourth-order valence-corrected chi connectivity index (χ4v) is 2.39. The number of nitrogens with two attached hydrogens (primary N) is 1. The van der Waals surface area contributed by atoms with Gasteiger partial charge in [0.15, 0.2) is 0 Å². The summed E-state index contributed by atoms with van der Waals surface area (Å²) in [7, 11) is 0. The van der Waals surface area contributed by atoms with Gasteiger partial charge in [-0.2, -0.15) is 0 Å². The second-order valence-electron chi connectivity index (χ2n) is 5.25. The number of halogens is 3. The molecule has 1 saturated heterocycles. The lowest BCUT2D eigenvalue weighted by Crippen LogP contribution is -2.31. The zero-order valence-electron chi connectivity index (χ0n) is 10.5. The van der Waals surface area contributed by atoms with Crippen LogP contribution in [0.4, 0.5) is 8.78 Å². The van der Waals surface area contributed by atoms with Crippen LogP contribution in [0.2, 0.25) is 0 Å². The Kier molecular flexibility index (Phi) is 5.08. The summed E-state index contributed by atoms with van der Waals surface area (Å²) in [6.45, 7) is 5.22. The Labute approximate surface area is 113 Å². The van der Waals surface area contributed by atoms with E-state index in [1.807, 2.05) is 0 Å². The molecule has 18 heavy (non-hydrogen) atoms. The van der Waals surface area contributed by atoms with Crippen molar-refractivity contribution in [1.29, 1.82) is 0 Å². The molecular formula is C13H19ClF2N2. The first-order chi connectivity index (χ1) is 8.00. The van der Waals surface area contributed by atoms with Gasteiger partial charge in [0.05, 0.1) is 0 Å². The van der Waals surface area contributed by atoms with Crippen molar-refractivity contribution >= 4 is 12.4 Å². The van der Waals surface area contributed by atoms with Gasteiger partial charge in [-0.15, -0.1) is 12.4 Å². The molecule has 2 rings (SSSR count). The number of likely N-dealkylation sites (tertiary alicyclic amines) is 1. The minimum atomic E-state index is -0.513. The zero-order chi connectivity index (χ0) is 12.5. The number of benzene rings is 1. The van der Waals surface area contributed by atoms with E-state index in [9.17, 15) is 8.78 Å². The van der Waals surface area contributed by atoms with Gasteiger partial charge in [0.2, 0.25) is 0 Å². The van der Waals surface area contributed by atoms with E-state index < -0.39 is 11.6 Å². The quantitative estimate of drug-likeness (QED) is 0.919. The lowest BCUT2D eigenvalue weighted by molar-refractivity contribution is 0.274. The molecule has 102 valence electrons. The van der Waals surface area contributed by atoms with E-state index in [2.05, 4.69) is 11.8 Å². The Morgan fingerprint density at radius 3 is 2.39 bits per heavy atom. The average Bonchev–Trinajstić information content (AvgIpc) is 2.59. The Balaban J connectivity index is 0.00000162. The highest BCUT2D eigenvalue weighted by atomic mass is 35.5. The molecule has 0 saturated carbocycles. The maximum absolute atomic E-state index is 13.0. The third-order valence-corrected chi connectivity index (χ3v) is 3.46. The predicted octanol–water partition coefficient (Wildman–Crippen LogP) is 2.56. The Morgan fingerprint density at radius 2 is 1.89 bits per heavy atom. The molecule has 2 nitrogen and oxygen atoms in total. The fourth-order valence-electron chi connectivity index (χ4n) is 2.39. The van der Waals surface area contributed by atoms with Crippen molar-refractivity contribution in [2.45, 2.75) is 19.9 Å². The summed E-state index contributed by atoms with van der Waals surface area (Å²) in [5, 5.41) is 0. The van der Waals surface area contributed by atoms with Gasteiger partial charge in [0.25, 0.3) is 0 Å². The van der Waals surface area contributed by atoms with Gasteiger partial charge in [0.1, 0.15) is 11.6 Å². The molecule has 1 fully saturated rings. The van der Waals surface area contributed by atoms with Gasteiger partial charge in [-0.1, -0.05) is 6.92 Å². The third kappa shape index (κ3) is 3.64. The van der Waals surface area contributed by atoms with E-state index in [0.717, 1.165) is 25.6 Å². The monoisotopic (exact) mass is 276 g/mol. The molecule has 0 radical (unpaired) electrons. The van der Waals surface area contributed by atoms with E-state index in [4.69, 9.17) is 5.73 Å². The number of rotatable bonds is 3. The maximum atomic E-state index is 13.0. The van der Waals surface area contributed by atoms with E-state index in [1.165, 1.54) is 12.1 Å². The van der Waals surface area contributed by atoms with Crippen LogP contribution in [-0.4, -0.2) is 24.5 Å². The van der Waals surface area contributed by atoms with Gasteiger partial charge in [0, 0.05) is 19.2 Å². The lowest BCUT2D eigenvalue weighted by atomic mass is 9.90. The molecule has 5 heteroatoms. The fraction of sp³-hybridized carbons (Fsp3) is 0.538. The van der Waals surface area contributed by atoms with E-state index in [-0.39, 0.29) is 17.8 Å². The van der Waals surface area contributed by atoms with Crippen LogP contribution < -0.4 is 5.73 Å². The van der Waals surface area contributed by atoms with Crippen molar-refractivity contribution in [2.75, 3.05) is 19.6 Å². The molecule has 1 aromatic rings. The first-order valence-electron chi connectivity index (χ1n) is 5.88. The van der Waals surface area contributed by atoms with Crippen molar-refractivity contribution in [3.63, 3.8) is 0 Å². The molecule has 1 aliphatic rings. The smallest absolute Gasteiger partial charge is 0.126 e. The minimum absolute atomic E-state index is 0. The predicted molar refractivity (Wildman–Crippen MR) is 70.7 cm³/mol. The molecule has 0 aliphatic carbocycles.